The highest BCUT2D eigenvalue weighted by molar-refractivity contribution is 6.33. The van der Waals surface area contributed by atoms with Gasteiger partial charge in [-0.25, -0.2) is 0 Å². The second-order valence-corrected chi connectivity index (χ2v) is 5.31. The molecule has 1 N–H and O–H groups in total. The highest BCUT2D eigenvalue weighted by atomic mass is 35.5. The summed E-state index contributed by atoms with van der Waals surface area (Å²) in [5.74, 6) is 0. The Balaban J connectivity index is 1.98. The van der Waals surface area contributed by atoms with Crippen LogP contribution in [-0.4, -0.2) is 9.78 Å². The Hall–Kier alpha value is -1.03. The Morgan fingerprint density at radius 3 is 2.68 bits per heavy atom. The van der Waals surface area contributed by atoms with Gasteiger partial charge in [0.2, 0.25) is 0 Å². The number of hydrogen-bond donors (Lipinski definition) is 1. The monoisotopic (exact) mass is 297 g/mol. The molecule has 0 aliphatic rings. The van der Waals surface area contributed by atoms with Crippen LogP contribution < -0.4 is 5.32 Å². The fourth-order valence-corrected chi connectivity index (χ4v) is 2.42. The Morgan fingerprint density at radius 1 is 1.21 bits per heavy atom. The molecule has 0 radical (unpaired) electrons. The molecule has 0 spiro atoms. The normalized spacial score (nSPS) is 10.9. The number of halogens is 2. The van der Waals surface area contributed by atoms with E-state index in [9.17, 15) is 0 Å². The predicted molar refractivity (Wildman–Crippen MR) is 79.6 cm³/mol. The van der Waals surface area contributed by atoms with Crippen molar-refractivity contribution in [1.82, 2.24) is 15.1 Å². The van der Waals surface area contributed by atoms with E-state index in [0.29, 0.717) is 11.6 Å². The summed E-state index contributed by atoms with van der Waals surface area (Å²) >= 11 is 12.1. The lowest BCUT2D eigenvalue weighted by atomic mass is 10.2. The van der Waals surface area contributed by atoms with Gasteiger partial charge in [-0.05, 0) is 30.2 Å². The molecule has 102 valence electrons. The topological polar surface area (TPSA) is 29.9 Å². The average molecular weight is 298 g/mol. The predicted octanol–water partition coefficient (Wildman–Crippen LogP) is 3.58. The van der Waals surface area contributed by atoms with Crippen LogP contribution in [-0.2, 0) is 26.6 Å². The second-order valence-electron chi connectivity index (χ2n) is 4.47. The van der Waals surface area contributed by atoms with Gasteiger partial charge >= 0.3 is 0 Å². The Bertz CT molecular complexity index is 564. The zero-order valence-corrected chi connectivity index (χ0v) is 12.6. The smallest absolute Gasteiger partial charge is 0.0666 e. The molecule has 1 aromatic carbocycles. The van der Waals surface area contributed by atoms with Crippen LogP contribution in [0.5, 0.6) is 0 Å². The molecule has 0 amide bonds. The van der Waals surface area contributed by atoms with Crippen LogP contribution in [0.2, 0.25) is 10.0 Å². The summed E-state index contributed by atoms with van der Waals surface area (Å²) < 4.78 is 1.85. The summed E-state index contributed by atoms with van der Waals surface area (Å²) in [5.41, 5.74) is 3.37. The molecule has 0 bridgehead atoms. The van der Waals surface area contributed by atoms with Crippen molar-refractivity contribution in [3.8, 4) is 0 Å². The number of aryl methyl sites for hydroxylation is 2. The lowest BCUT2D eigenvalue weighted by Crippen LogP contribution is -2.13. The lowest BCUT2D eigenvalue weighted by molar-refractivity contribution is 0.688. The van der Waals surface area contributed by atoms with E-state index >= 15 is 0 Å². The van der Waals surface area contributed by atoms with E-state index in [-0.39, 0.29) is 0 Å². The molecule has 0 aliphatic heterocycles. The van der Waals surface area contributed by atoms with E-state index in [1.165, 1.54) is 5.56 Å². The summed E-state index contributed by atoms with van der Waals surface area (Å²) in [4.78, 5) is 0. The van der Waals surface area contributed by atoms with E-state index in [0.717, 1.165) is 29.2 Å². The maximum Gasteiger partial charge on any atom is 0.0666 e. The Morgan fingerprint density at radius 2 is 1.95 bits per heavy atom. The summed E-state index contributed by atoms with van der Waals surface area (Å²) in [6.45, 7) is 3.58. The third kappa shape index (κ3) is 3.72. The van der Waals surface area contributed by atoms with Crippen LogP contribution >= 0.6 is 23.2 Å². The van der Waals surface area contributed by atoms with Gasteiger partial charge in [-0.3, -0.25) is 4.68 Å². The van der Waals surface area contributed by atoms with Crippen LogP contribution in [0.25, 0.3) is 0 Å². The summed E-state index contributed by atoms with van der Waals surface area (Å²) in [6.07, 6.45) is 2.99. The molecule has 0 fully saturated rings. The van der Waals surface area contributed by atoms with Gasteiger partial charge in [-0.2, -0.15) is 5.10 Å². The molecule has 2 aromatic rings. The minimum absolute atomic E-state index is 0.692. The number of nitrogens with one attached hydrogen (secondary N) is 1. The maximum atomic E-state index is 6.13. The third-order valence-corrected chi connectivity index (χ3v) is 3.57. The van der Waals surface area contributed by atoms with Crippen molar-refractivity contribution >= 4 is 23.2 Å². The Labute approximate surface area is 123 Å². The number of rotatable bonds is 5. The van der Waals surface area contributed by atoms with Gasteiger partial charge in [0.1, 0.15) is 0 Å². The molecule has 0 unspecified atom stereocenters. The molecule has 0 saturated carbocycles. The van der Waals surface area contributed by atoms with Crippen LogP contribution in [0.1, 0.15) is 23.7 Å². The molecule has 0 aliphatic carbocycles. The highest BCUT2D eigenvalue weighted by Gasteiger charge is 2.06. The van der Waals surface area contributed by atoms with Crippen LogP contribution in [0.3, 0.4) is 0 Å². The molecule has 2 rings (SSSR count). The lowest BCUT2D eigenvalue weighted by Gasteiger charge is -2.07. The quantitative estimate of drug-likeness (QED) is 0.914. The van der Waals surface area contributed by atoms with E-state index in [2.05, 4.69) is 17.3 Å². The number of benzene rings is 1. The highest BCUT2D eigenvalue weighted by Crippen LogP contribution is 2.20. The van der Waals surface area contributed by atoms with Gasteiger partial charge in [0.05, 0.1) is 5.69 Å². The zero-order valence-electron chi connectivity index (χ0n) is 11.1. The number of hydrogen-bond acceptors (Lipinski definition) is 2. The fourth-order valence-electron chi connectivity index (χ4n) is 2.04. The number of aromatic nitrogens is 2. The van der Waals surface area contributed by atoms with Gasteiger partial charge in [-0.15, -0.1) is 0 Å². The largest absolute Gasteiger partial charge is 0.308 e. The average Bonchev–Trinajstić information content (AvgIpc) is 2.74. The SMILES string of the molecule is CCc1nn(C)cc1CNCc1cc(Cl)ccc1Cl. The van der Waals surface area contributed by atoms with Crippen molar-refractivity contribution in [1.29, 1.82) is 0 Å². The zero-order chi connectivity index (χ0) is 13.8. The molecule has 1 aromatic heterocycles. The van der Waals surface area contributed by atoms with Crippen molar-refractivity contribution < 1.29 is 0 Å². The Kier molecular flexibility index (Phi) is 4.86. The summed E-state index contributed by atoms with van der Waals surface area (Å²) in [6, 6.07) is 5.51. The summed E-state index contributed by atoms with van der Waals surface area (Å²) in [5, 5.41) is 9.23. The van der Waals surface area contributed by atoms with Gasteiger partial charge in [0, 0.05) is 41.9 Å². The minimum atomic E-state index is 0.692. The van der Waals surface area contributed by atoms with Crippen LogP contribution in [0.4, 0.5) is 0 Å². The van der Waals surface area contributed by atoms with Crippen molar-refractivity contribution in [2.24, 2.45) is 7.05 Å². The van der Waals surface area contributed by atoms with Gasteiger partial charge < -0.3 is 5.32 Å². The molecule has 0 saturated heterocycles. The third-order valence-electron chi connectivity index (χ3n) is 2.97. The first-order chi connectivity index (χ1) is 9.10. The molecular weight excluding hydrogens is 281 g/mol. The standard InChI is InChI=1S/C14H17Cl2N3/c1-3-14-11(9-19(2)18-14)8-17-7-10-6-12(15)4-5-13(10)16/h4-6,9,17H,3,7-8H2,1-2H3. The van der Waals surface area contributed by atoms with Crippen LogP contribution in [0, 0.1) is 0 Å². The van der Waals surface area contributed by atoms with E-state index < -0.39 is 0 Å². The molecule has 19 heavy (non-hydrogen) atoms. The molecule has 3 nitrogen and oxygen atoms in total. The first-order valence-electron chi connectivity index (χ1n) is 6.26. The molecule has 1 heterocycles. The second kappa shape index (κ2) is 6.42. The van der Waals surface area contributed by atoms with E-state index in [1.807, 2.05) is 30.1 Å². The van der Waals surface area contributed by atoms with Gasteiger partial charge in [-0.1, -0.05) is 30.1 Å². The van der Waals surface area contributed by atoms with Crippen molar-refractivity contribution in [3.63, 3.8) is 0 Å². The van der Waals surface area contributed by atoms with Gasteiger partial charge in [0.25, 0.3) is 0 Å². The fraction of sp³-hybridized carbons (Fsp3) is 0.357. The molecule has 5 heteroatoms. The van der Waals surface area contributed by atoms with E-state index in [4.69, 9.17) is 23.2 Å². The first-order valence-corrected chi connectivity index (χ1v) is 7.01. The minimum Gasteiger partial charge on any atom is -0.308 e. The number of nitrogens with zero attached hydrogens (tertiary/aromatic N) is 2. The van der Waals surface area contributed by atoms with E-state index in [1.54, 1.807) is 6.07 Å². The van der Waals surface area contributed by atoms with Crippen molar-refractivity contribution in [3.05, 3.63) is 51.3 Å². The van der Waals surface area contributed by atoms with Crippen LogP contribution in [0.15, 0.2) is 24.4 Å². The molecule has 0 atom stereocenters. The molecular formula is C14H17Cl2N3. The van der Waals surface area contributed by atoms with Crippen molar-refractivity contribution in [2.75, 3.05) is 0 Å². The maximum absolute atomic E-state index is 6.13. The first kappa shape index (κ1) is 14.4. The van der Waals surface area contributed by atoms with Gasteiger partial charge in [0.15, 0.2) is 0 Å². The van der Waals surface area contributed by atoms with Crippen molar-refractivity contribution in [2.45, 2.75) is 26.4 Å². The summed E-state index contributed by atoms with van der Waals surface area (Å²) in [7, 11) is 1.94.